The van der Waals surface area contributed by atoms with Crippen molar-refractivity contribution in [3.8, 4) is 0 Å². The van der Waals surface area contributed by atoms with Gasteiger partial charge in [-0.2, -0.15) is 0 Å². The first-order valence-corrected chi connectivity index (χ1v) is 9.18. The van der Waals surface area contributed by atoms with Crippen LogP contribution in [0, 0.1) is 0 Å². The number of nitrogens with zero attached hydrogens (tertiary/aromatic N) is 3. The molecule has 2 unspecified atom stereocenters. The highest BCUT2D eigenvalue weighted by atomic mass is 15.4. The van der Waals surface area contributed by atoms with Gasteiger partial charge in [-0.15, -0.1) is 0 Å². The van der Waals surface area contributed by atoms with Crippen molar-refractivity contribution in [1.29, 1.82) is 0 Å². The smallest absolute Gasteiger partial charge is 0.194 e. The van der Waals surface area contributed by atoms with Gasteiger partial charge in [0.15, 0.2) is 5.96 Å². The van der Waals surface area contributed by atoms with Crippen LogP contribution in [0.4, 0.5) is 0 Å². The lowest BCUT2D eigenvalue weighted by molar-refractivity contribution is 0.114. The lowest BCUT2D eigenvalue weighted by Crippen LogP contribution is -2.55. The Bertz CT molecular complexity index is 713. The number of rotatable bonds is 3. The molecule has 2 aliphatic heterocycles. The van der Waals surface area contributed by atoms with Gasteiger partial charge >= 0.3 is 0 Å². The number of hydrogen-bond donors (Lipinski definition) is 1. The van der Waals surface area contributed by atoms with Gasteiger partial charge in [-0.1, -0.05) is 60.7 Å². The molecule has 1 fully saturated rings. The van der Waals surface area contributed by atoms with E-state index >= 15 is 0 Å². The zero-order chi connectivity index (χ0) is 17.1. The van der Waals surface area contributed by atoms with Crippen LogP contribution in [0.25, 0.3) is 0 Å². The number of piperazine rings is 1. The van der Waals surface area contributed by atoms with Crippen LogP contribution >= 0.6 is 0 Å². The number of aliphatic imine (C=N–C) groups is 1. The third-order valence-electron chi connectivity index (χ3n) is 5.22. The highest BCUT2D eigenvalue weighted by Crippen LogP contribution is 2.20. The summed E-state index contributed by atoms with van der Waals surface area (Å²) in [6.07, 6.45) is 0. The van der Waals surface area contributed by atoms with E-state index in [1.807, 2.05) is 0 Å². The molecule has 25 heavy (non-hydrogen) atoms. The van der Waals surface area contributed by atoms with Crippen LogP contribution < -0.4 is 5.32 Å². The minimum atomic E-state index is 0.314. The van der Waals surface area contributed by atoms with Crippen molar-refractivity contribution < 1.29 is 0 Å². The fraction of sp³-hybridized carbons (Fsp3) is 0.381. The predicted octanol–water partition coefficient (Wildman–Crippen LogP) is 2.89. The highest BCUT2D eigenvalue weighted by Gasteiger charge is 2.29. The molecule has 0 spiro atoms. The Kier molecular flexibility index (Phi) is 4.70. The van der Waals surface area contributed by atoms with Crippen molar-refractivity contribution in [2.24, 2.45) is 4.99 Å². The normalized spacial score (nSPS) is 24.0. The van der Waals surface area contributed by atoms with Crippen LogP contribution in [-0.2, 0) is 6.54 Å². The van der Waals surface area contributed by atoms with Gasteiger partial charge in [0.05, 0.1) is 12.6 Å². The van der Waals surface area contributed by atoms with E-state index in [-0.39, 0.29) is 0 Å². The van der Waals surface area contributed by atoms with Crippen molar-refractivity contribution in [3.05, 3.63) is 71.8 Å². The van der Waals surface area contributed by atoms with Crippen molar-refractivity contribution in [2.75, 3.05) is 26.2 Å². The summed E-state index contributed by atoms with van der Waals surface area (Å²) in [5.74, 6) is 1.07. The second-order valence-electron chi connectivity index (χ2n) is 7.02. The Labute approximate surface area is 150 Å². The van der Waals surface area contributed by atoms with Crippen molar-refractivity contribution in [1.82, 2.24) is 15.1 Å². The topological polar surface area (TPSA) is 30.9 Å². The highest BCUT2D eigenvalue weighted by molar-refractivity contribution is 5.82. The fourth-order valence-electron chi connectivity index (χ4n) is 3.73. The Hall–Kier alpha value is -2.33. The predicted molar refractivity (Wildman–Crippen MR) is 103 cm³/mol. The van der Waals surface area contributed by atoms with Crippen LogP contribution in [-0.4, -0.2) is 48.0 Å². The molecule has 1 saturated heterocycles. The molecule has 4 nitrogen and oxygen atoms in total. The zero-order valence-corrected chi connectivity index (χ0v) is 14.8. The average molecular weight is 334 g/mol. The fourth-order valence-corrected chi connectivity index (χ4v) is 3.73. The molecule has 2 aromatic rings. The Morgan fingerprint density at radius 3 is 2.44 bits per heavy atom. The maximum absolute atomic E-state index is 4.77. The maximum Gasteiger partial charge on any atom is 0.194 e. The van der Waals surface area contributed by atoms with Crippen molar-refractivity contribution in [2.45, 2.75) is 25.6 Å². The van der Waals surface area contributed by atoms with Gasteiger partial charge in [0.2, 0.25) is 0 Å². The molecule has 0 radical (unpaired) electrons. The summed E-state index contributed by atoms with van der Waals surface area (Å²) in [6.45, 7) is 7.32. The van der Waals surface area contributed by atoms with E-state index < -0.39 is 0 Å². The van der Waals surface area contributed by atoms with E-state index in [2.05, 4.69) is 82.7 Å². The first-order chi connectivity index (χ1) is 12.3. The lowest BCUT2D eigenvalue weighted by atomic mass is 10.1. The molecule has 4 rings (SSSR count). The third kappa shape index (κ3) is 3.69. The average Bonchev–Trinajstić information content (AvgIpc) is 3.15. The van der Waals surface area contributed by atoms with Gasteiger partial charge in [0.1, 0.15) is 0 Å². The van der Waals surface area contributed by atoms with Gasteiger partial charge in [-0.3, -0.25) is 9.89 Å². The second kappa shape index (κ2) is 7.28. The zero-order valence-electron chi connectivity index (χ0n) is 14.8. The molecule has 4 heteroatoms. The lowest BCUT2D eigenvalue weighted by Gasteiger charge is -2.40. The van der Waals surface area contributed by atoms with Crippen molar-refractivity contribution in [3.63, 3.8) is 0 Å². The largest absolute Gasteiger partial charge is 0.348 e. The van der Waals surface area contributed by atoms with Crippen LogP contribution in [0.3, 0.4) is 0 Å². The second-order valence-corrected chi connectivity index (χ2v) is 7.02. The van der Waals surface area contributed by atoms with E-state index in [4.69, 9.17) is 4.99 Å². The molecular weight excluding hydrogens is 308 g/mol. The first kappa shape index (κ1) is 16.2. The Morgan fingerprint density at radius 2 is 1.72 bits per heavy atom. The SMILES string of the molecule is CC1CN(C2=NCC(c3ccccc3)N2)CCN1Cc1ccccc1. The van der Waals surface area contributed by atoms with Gasteiger partial charge in [0, 0.05) is 32.2 Å². The van der Waals surface area contributed by atoms with Gasteiger partial charge in [-0.05, 0) is 18.1 Å². The van der Waals surface area contributed by atoms with Crippen LogP contribution in [0.15, 0.2) is 65.7 Å². The van der Waals surface area contributed by atoms with E-state index in [1.165, 1.54) is 11.1 Å². The molecule has 2 aromatic carbocycles. The van der Waals surface area contributed by atoms with E-state index in [9.17, 15) is 0 Å². The quantitative estimate of drug-likeness (QED) is 0.936. The Balaban J connectivity index is 1.34. The van der Waals surface area contributed by atoms with E-state index in [0.717, 1.165) is 38.7 Å². The van der Waals surface area contributed by atoms with Gasteiger partial charge in [-0.25, -0.2) is 0 Å². The maximum atomic E-state index is 4.77. The van der Waals surface area contributed by atoms with E-state index in [1.54, 1.807) is 0 Å². The van der Waals surface area contributed by atoms with Crippen LogP contribution in [0.5, 0.6) is 0 Å². The number of guanidine groups is 1. The van der Waals surface area contributed by atoms with Crippen LogP contribution in [0.2, 0.25) is 0 Å². The molecule has 0 aliphatic carbocycles. The summed E-state index contributed by atoms with van der Waals surface area (Å²) >= 11 is 0. The summed E-state index contributed by atoms with van der Waals surface area (Å²) in [5.41, 5.74) is 2.71. The summed E-state index contributed by atoms with van der Waals surface area (Å²) in [6, 6.07) is 22.2. The minimum Gasteiger partial charge on any atom is -0.348 e. The van der Waals surface area contributed by atoms with Crippen LogP contribution in [0.1, 0.15) is 24.1 Å². The van der Waals surface area contributed by atoms with Crippen molar-refractivity contribution >= 4 is 5.96 Å². The third-order valence-corrected chi connectivity index (χ3v) is 5.22. The number of hydrogen-bond acceptors (Lipinski definition) is 4. The summed E-state index contributed by atoms with van der Waals surface area (Å²) in [7, 11) is 0. The minimum absolute atomic E-state index is 0.314. The van der Waals surface area contributed by atoms with Gasteiger partial charge < -0.3 is 10.2 Å². The van der Waals surface area contributed by atoms with E-state index in [0.29, 0.717) is 12.1 Å². The van der Waals surface area contributed by atoms with Gasteiger partial charge in [0.25, 0.3) is 0 Å². The summed E-state index contributed by atoms with van der Waals surface area (Å²) in [5, 5.41) is 3.62. The molecule has 2 atom stereocenters. The summed E-state index contributed by atoms with van der Waals surface area (Å²) in [4.78, 5) is 9.75. The Morgan fingerprint density at radius 1 is 1.00 bits per heavy atom. The molecule has 0 saturated carbocycles. The molecule has 2 aliphatic rings. The standard InChI is InChI=1S/C21H26N4/c1-17-15-25(13-12-24(17)16-18-8-4-2-5-9-18)21-22-14-20(23-21)19-10-6-3-7-11-19/h2-11,17,20H,12-16H2,1H3,(H,22,23). The molecule has 2 heterocycles. The first-order valence-electron chi connectivity index (χ1n) is 9.18. The number of benzene rings is 2. The molecule has 0 bridgehead atoms. The monoisotopic (exact) mass is 334 g/mol. The molecule has 0 amide bonds. The number of nitrogens with one attached hydrogen (secondary N) is 1. The molecular formula is C21H26N4. The molecule has 130 valence electrons. The molecule has 1 N–H and O–H groups in total. The molecule has 0 aromatic heterocycles. The summed E-state index contributed by atoms with van der Waals surface area (Å²) < 4.78 is 0.